The number of carbonyl (C=O) groups is 1. The van der Waals surface area contributed by atoms with Crippen LogP contribution < -0.4 is 10.2 Å². The highest BCUT2D eigenvalue weighted by atomic mass is 16.3. The molecule has 2 N–H and O–H groups in total. The quantitative estimate of drug-likeness (QED) is 0.758. The number of aliphatic hydroxyl groups is 1. The van der Waals surface area contributed by atoms with Crippen LogP contribution >= 0.6 is 0 Å². The molecule has 0 radical (unpaired) electrons. The Hall–Kier alpha value is -2.77. The van der Waals surface area contributed by atoms with Gasteiger partial charge in [0.1, 0.15) is 6.04 Å². The molecule has 2 atom stereocenters. The Morgan fingerprint density at radius 2 is 1.87 bits per heavy atom. The van der Waals surface area contributed by atoms with E-state index < -0.39 is 0 Å². The van der Waals surface area contributed by atoms with Gasteiger partial charge in [-0.25, -0.2) is 0 Å². The van der Waals surface area contributed by atoms with Crippen LogP contribution in [0.5, 0.6) is 0 Å². The maximum atomic E-state index is 12.8. The number of hydrogen-bond acceptors (Lipinski definition) is 3. The second kappa shape index (κ2) is 9.82. The Kier molecular flexibility index (Phi) is 7.18. The number of carbonyl (C=O) groups excluding carboxylic acids is 1. The number of aliphatic hydroxyl groups excluding tert-OH is 1. The van der Waals surface area contributed by atoms with Gasteiger partial charge in [0.15, 0.2) is 0 Å². The Morgan fingerprint density at radius 1 is 1.17 bits per heavy atom. The lowest BCUT2D eigenvalue weighted by Crippen LogP contribution is -2.54. The lowest BCUT2D eigenvalue weighted by Gasteiger charge is -2.37. The van der Waals surface area contributed by atoms with Crippen molar-refractivity contribution < 1.29 is 9.90 Å². The fourth-order valence-electron chi connectivity index (χ4n) is 4.07. The molecule has 0 aromatic heterocycles. The lowest BCUT2D eigenvalue weighted by atomic mass is 9.93. The first-order chi connectivity index (χ1) is 14.4. The summed E-state index contributed by atoms with van der Waals surface area (Å²) in [5, 5.41) is 12.7. The lowest BCUT2D eigenvalue weighted by molar-refractivity contribution is -0.124. The summed E-state index contributed by atoms with van der Waals surface area (Å²) in [4.78, 5) is 14.9. The number of unbranched alkanes of at least 4 members (excludes halogenated alkanes) is 1. The summed E-state index contributed by atoms with van der Waals surface area (Å²) in [6.45, 7) is 6.17. The molecule has 0 saturated carbocycles. The fourth-order valence-corrected chi connectivity index (χ4v) is 4.07. The van der Waals surface area contributed by atoms with Crippen molar-refractivity contribution in [3.8, 4) is 23.0 Å². The van der Waals surface area contributed by atoms with Gasteiger partial charge in [-0.05, 0) is 53.6 Å². The van der Waals surface area contributed by atoms with Crippen LogP contribution in [0.2, 0.25) is 0 Å². The molecule has 1 amide bonds. The monoisotopic (exact) mass is 404 g/mol. The third-order valence-corrected chi connectivity index (χ3v) is 5.64. The third kappa shape index (κ3) is 4.86. The highest BCUT2D eigenvalue weighted by Crippen LogP contribution is 2.32. The summed E-state index contributed by atoms with van der Waals surface area (Å²) in [7, 11) is 1.98. The normalized spacial score (nSPS) is 18.7. The average molecular weight is 405 g/mol. The van der Waals surface area contributed by atoms with Gasteiger partial charge in [-0.2, -0.15) is 0 Å². The molecule has 0 unspecified atom stereocenters. The van der Waals surface area contributed by atoms with E-state index in [9.17, 15) is 9.90 Å². The third-order valence-electron chi connectivity index (χ3n) is 5.64. The SMILES string of the molecule is CCCC#Cc1ccc(-c2ccc3c(c2)N(C)[C@@H](C(C)C)C(=O)N[C@H](CO)C3)cc1. The van der Waals surface area contributed by atoms with Crippen molar-refractivity contribution in [2.75, 3.05) is 18.6 Å². The number of nitrogens with one attached hydrogen (secondary N) is 1. The zero-order valence-electron chi connectivity index (χ0n) is 18.4. The average Bonchev–Trinajstić information content (AvgIpc) is 2.73. The van der Waals surface area contributed by atoms with Crippen LogP contribution in [-0.2, 0) is 11.2 Å². The zero-order chi connectivity index (χ0) is 21.7. The van der Waals surface area contributed by atoms with Crippen LogP contribution in [0.4, 0.5) is 5.69 Å². The van der Waals surface area contributed by atoms with Crippen molar-refractivity contribution in [2.45, 2.75) is 52.1 Å². The Morgan fingerprint density at radius 3 is 2.50 bits per heavy atom. The largest absolute Gasteiger partial charge is 0.394 e. The number of benzene rings is 2. The highest BCUT2D eigenvalue weighted by molar-refractivity contribution is 5.87. The Labute approximate surface area is 180 Å². The molecule has 0 saturated heterocycles. The van der Waals surface area contributed by atoms with Crippen LogP contribution in [0.1, 0.15) is 44.7 Å². The van der Waals surface area contributed by atoms with E-state index in [1.807, 2.05) is 7.05 Å². The minimum atomic E-state index is -0.287. The maximum absolute atomic E-state index is 12.8. The number of fused-ring (bicyclic) bond motifs is 1. The van der Waals surface area contributed by atoms with Gasteiger partial charge >= 0.3 is 0 Å². The number of amides is 1. The van der Waals surface area contributed by atoms with Gasteiger partial charge in [0, 0.05) is 24.7 Å². The predicted octanol–water partition coefficient (Wildman–Crippen LogP) is 4.00. The summed E-state index contributed by atoms with van der Waals surface area (Å²) in [6.07, 6.45) is 2.59. The number of rotatable bonds is 4. The Bertz CT molecular complexity index is 938. The summed E-state index contributed by atoms with van der Waals surface area (Å²) in [6, 6.07) is 14.2. The molecule has 0 bridgehead atoms. The first-order valence-electron chi connectivity index (χ1n) is 10.8. The second-order valence-electron chi connectivity index (χ2n) is 8.36. The topological polar surface area (TPSA) is 52.6 Å². The van der Waals surface area contributed by atoms with E-state index >= 15 is 0 Å². The fraction of sp³-hybridized carbons (Fsp3) is 0.423. The molecule has 158 valence electrons. The van der Waals surface area contributed by atoms with Crippen LogP contribution in [0, 0.1) is 17.8 Å². The van der Waals surface area contributed by atoms with E-state index in [2.05, 4.69) is 85.3 Å². The minimum Gasteiger partial charge on any atom is -0.394 e. The number of nitrogens with zero attached hydrogens (tertiary/aromatic N) is 1. The van der Waals surface area contributed by atoms with Crippen molar-refractivity contribution in [1.29, 1.82) is 0 Å². The van der Waals surface area contributed by atoms with E-state index in [0.29, 0.717) is 6.42 Å². The summed E-state index contributed by atoms with van der Waals surface area (Å²) in [5.41, 5.74) is 5.44. The smallest absolute Gasteiger partial charge is 0.243 e. The van der Waals surface area contributed by atoms with Crippen molar-refractivity contribution in [1.82, 2.24) is 5.32 Å². The van der Waals surface area contributed by atoms with Gasteiger partial charge in [0.05, 0.1) is 12.6 Å². The molecule has 1 aliphatic rings. The molecule has 1 heterocycles. The van der Waals surface area contributed by atoms with Gasteiger partial charge in [-0.3, -0.25) is 4.79 Å². The minimum absolute atomic E-state index is 0.0300. The van der Waals surface area contributed by atoms with Crippen LogP contribution in [0.25, 0.3) is 11.1 Å². The molecule has 4 heteroatoms. The second-order valence-corrected chi connectivity index (χ2v) is 8.36. The van der Waals surface area contributed by atoms with E-state index in [1.165, 1.54) is 0 Å². The Balaban J connectivity index is 1.98. The molecule has 0 aliphatic carbocycles. The molecule has 3 rings (SSSR count). The molecule has 0 spiro atoms. The van der Waals surface area contributed by atoms with Crippen molar-refractivity contribution in [2.24, 2.45) is 5.92 Å². The van der Waals surface area contributed by atoms with E-state index in [4.69, 9.17) is 0 Å². The summed E-state index contributed by atoms with van der Waals surface area (Å²) >= 11 is 0. The van der Waals surface area contributed by atoms with E-state index in [-0.39, 0.29) is 30.5 Å². The van der Waals surface area contributed by atoms with E-state index in [1.54, 1.807) is 0 Å². The number of hydrogen-bond donors (Lipinski definition) is 2. The van der Waals surface area contributed by atoms with E-state index in [0.717, 1.165) is 40.8 Å². The van der Waals surface area contributed by atoms with Crippen LogP contribution in [0.15, 0.2) is 42.5 Å². The van der Waals surface area contributed by atoms with Gasteiger partial charge < -0.3 is 15.3 Å². The summed E-state index contributed by atoms with van der Waals surface area (Å²) < 4.78 is 0. The molecule has 30 heavy (non-hydrogen) atoms. The highest BCUT2D eigenvalue weighted by Gasteiger charge is 2.32. The molecule has 2 aromatic rings. The predicted molar refractivity (Wildman–Crippen MR) is 123 cm³/mol. The zero-order valence-corrected chi connectivity index (χ0v) is 18.4. The van der Waals surface area contributed by atoms with Gasteiger partial charge in [0.2, 0.25) is 5.91 Å². The molecule has 2 aromatic carbocycles. The first-order valence-corrected chi connectivity index (χ1v) is 10.8. The number of likely N-dealkylation sites (N-methyl/N-ethyl adjacent to an activating group) is 1. The maximum Gasteiger partial charge on any atom is 0.243 e. The summed E-state index contributed by atoms with van der Waals surface area (Å²) in [5.74, 6) is 6.50. The van der Waals surface area contributed by atoms with Gasteiger partial charge in [-0.15, -0.1) is 0 Å². The molecule has 0 fully saturated rings. The number of anilines is 1. The molecular formula is C26H32N2O2. The van der Waals surface area contributed by atoms with Gasteiger partial charge in [0.25, 0.3) is 0 Å². The molecule has 1 aliphatic heterocycles. The van der Waals surface area contributed by atoms with Crippen LogP contribution in [0.3, 0.4) is 0 Å². The van der Waals surface area contributed by atoms with Crippen molar-refractivity contribution in [3.63, 3.8) is 0 Å². The first kappa shape index (κ1) is 21.9. The van der Waals surface area contributed by atoms with Crippen LogP contribution in [-0.4, -0.2) is 36.8 Å². The molecule has 4 nitrogen and oxygen atoms in total. The van der Waals surface area contributed by atoms with Crippen molar-refractivity contribution in [3.05, 3.63) is 53.6 Å². The molecular weight excluding hydrogens is 372 g/mol. The van der Waals surface area contributed by atoms with Gasteiger partial charge in [-0.1, -0.05) is 56.9 Å². The standard InChI is InChI=1S/C26H32N2O2/c1-5-6-7-8-19-9-11-20(12-10-19)21-13-14-22-15-23(17-29)27-26(30)25(18(2)3)28(4)24(22)16-21/h9-14,16,18,23,25,29H,5-6,15,17H2,1-4H3,(H,27,30)/t23-,25-/m0/s1. The van der Waals surface area contributed by atoms with Crippen molar-refractivity contribution >= 4 is 11.6 Å².